The largest absolute Gasteiger partial charge is 0.318 e. The number of fused-ring (bicyclic) bond motifs is 1. The predicted octanol–water partition coefficient (Wildman–Crippen LogP) is 5.17. The molecule has 2 aromatic rings. The molecule has 2 aliphatic rings. The van der Waals surface area contributed by atoms with Crippen LogP contribution in [0.25, 0.3) is 11.8 Å². The maximum Gasteiger partial charge on any atom is 0.283 e. The maximum absolute atomic E-state index is 12.6. The number of amides is 1. The second-order valence-corrected chi connectivity index (χ2v) is 8.38. The van der Waals surface area contributed by atoms with Crippen LogP contribution in [0, 0.1) is 19.3 Å². The molecule has 3 heterocycles. The van der Waals surface area contributed by atoms with Gasteiger partial charge in [-0.05, 0) is 80.4 Å². The van der Waals surface area contributed by atoms with Gasteiger partial charge >= 0.3 is 0 Å². The molecule has 0 bridgehead atoms. The Hall–Kier alpha value is -2.64. The fourth-order valence-corrected chi connectivity index (χ4v) is 4.54. The van der Waals surface area contributed by atoms with Crippen LogP contribution in [0.1, 0.15) is 36.7 Å². The molecule has 0 fully saturated rings. The van der Waals surface area contributed by atoms with Crippen molar-refractivity contribution >= 4 is 51.4 Å². The molecule has 148 valence electrons. The molecule has 0 radical (unpaired) electrons. The predicted molar refractivity (Wildman–Crippen MR) is 120 cm³/mol. The highest BCUT2D eigenvalue weighted by atomic mass is 35.5. The van der Waals surface area contributed by atoms with E-state index >= 15 is 0 Å². The van der Waals surface area contributed by atoms with Gasteiger partial charge in [-0.25, -0.2) is 0 Å². The zero-order valence-electron chi connectivity index (χ0n) is 16.4. The molecule has 29 heavy (non-hydrogen) atoms. The van der Waals surface area contributed by atoms with Crippen LogP contribution in [-0.2, 0) is 4.79 Å². The highest BCUT2D eigenvalue weighted by molar-refractivity contribution is 8.26. The molecule has 0 atom stereocenters. The van der Waals surface area contributed by atoms with Gasteiger partial charge < -0.3 is 4.57 Å². The third-order valence-corrected chi connectivity index (χ3v) is 6.04. The van der Waals surface area contributed by atoms with Crippen molar-refractivity contribution in [1.29, 1.82) is 5.41 Å². The molecule has 0 saturated heterocycles. The number of carbonyl (C=O) groups is 1. The van der Waals surface area contributed by atoms with Gasteiger partial charge in [0.05, 0.1) is 5.57 Å². The molecular formula is C21H20ClN5OS. The Balaban J connectivity index is 1.72. The second kappa shape index (κ2) is 7.65. The van der Waals surface area contributed by atoms with E-state index in [1.807, 2.05) is 44.2 Å². The van der Waals surface area contributed by atoms with E-state index in [-0.39, 0.29) is 11.4 Å². The van der Waals surface area contributed by atoms with E-state index in [4.69, 9.17) is 17.0 Å². The maximum atomic E-state index is 12.6. The van der Waals surface area contributed by atoms with Gasteiger partial charge in [0.15, 0.2) is 5.84 Å². The minimum atomic E-state index is -0.405. The Morgan fingerprint density at radius 3 is 2.66 bits per heavy atom. The number of hydrogen-bond acceptors (Lipinski definition) is 4. The second-order valence-electron chi connectivity index (χ2n) is 6.90. The topological polar surface area (TPSA) is 73.8 Å². The van der Waals surface area contributed by atoms with E-state index in [2.05, 4.69) is 21.6 Å². The van der Waals surface area contributed by atoms with Crippen molar-refractivity contribution in [2.24, 2.45) is 10.1 Å². The summed E-state index contributed by atoms with van der Waals surface area (Å²) in [6, 6.07) is 9.61. The van der Waals surface area contributed by atoms with E-state index < -0.39 is 5.91 Å². The number of nitrogens with zero attached hydrogens (tertiary/aromatic N) is 4. The van der Waals surface area contributed by atoms with Gasteiger partial charge in [0, 0.05) is 22.1 Å². The molecule has 1 N–H and O–H groups in total. The van der Waals surface area contributed by atoms with Crippen LogP contribution >= 0.6 is 23.4 Å². The Morgan fingerprint density at radius 1 is 1.24 bits per heavy atom. The normalized spacial score (nSPS) is 17.7. The minimum absolute atomic E-state index is 0.0647. The summed E-state index contributed by atoms with van der Waals surface area (Å²) in [4.78, 5) is 16.8. The van der Waals surface area contributed by atoms with E-state index in [1.54, 1.807) is 6.08 Å². The summed E-state index contributed by atoms with van der Waals surface area (Å²) in [5.41, 5.74) is 4.10. The van der Waals surface area contributed by atoms with E-state index in [0.717, 1.165) is 40.5 Å². The first-order chi connectivity index (χ1) is 13.9. The molecule has 2 aliphatic heterocycles. The molecule has 0 spiro atoms. The van der Waals surface area contributed by atoms with Crippen molar-refractivity contribution < 1.29 is 4.79 Å². The van der Waals surface area contributed by atoms with Gasteiger partial charge in [0.1, 0.15) is 5.04 Å². The van der Waals surface area contributed by atoms with Gasteiger partial charge in [0.25, 0.3) is 5.91 Å². The standard InChI is InChI=1S/C21H20ClN5OS/c1-4-5-18-25-27-19(23)17(20(28)24-21(27)29-18)11-14-10-12(2)26(13(14)3)16-8-6-15(22)7-9-16/h6-11,23H,4-5H2,1-3H3/b17-11-,23-19?. The van der Waals surface area contributed by atoms with E-state index in [9.17, 15) is 4.79 Å². The molecule has 1 aromatic carbocycles. The highest BCUT2D eigenvalue weighted by Crippen LogP contribution is 2.31. The third kappa shape index (κ3) is 3.56. The Morgan fingerprint density at radius 2 is 1.97 bits per heavy atom. The van der Waals surface area contributed by atoms with Crippen LogP contribution in [0.3, 0.4) is 0 Å². The van der Waals surface area contributed by atoms with Crippen LogP contribution in [0.5, 0.6) is 0 Å². The zero-order chi connectivity index (χ0) is 20.7. The van der Waals surface area contributed by atoms with Crippen LogP contribution in [0.15, 0.2) is 46.0 Å². The highest BCUT2D eigenvalue weighted by Gasteiger charge is 2.35. The number of benzene rings is 1. The number of nitrogens with one attached hydrogen (secondary N) is 1. The number of carbonyl (C=O) groups excluding carboxylic acids is 1. The molecule has 0 saturated carbocycles. The van der Waals surface area contributed by atoms with Crippen molar-refractivity contribution in [3.8, 4) is 5.69 Å². The van der Waals surface area contributed by atoms with Crippen LogP contribution < -0.4 is 0 Å². The Labute approximate surface area is 178 Å². The van der Waals surface area contributed by atoms with Gasteiger partial charge in [-0.1, -0.05) is 18.5 Å². The fraction of sp³-hybridized carbons (Fsp3) is 0.238. The molecule has 6 nitrogen and oxygen atoms in total. The lowest BCUT2D eigenvalue weighted by Gasteiger charge is -2.20. The van der Waals surface area contributed by atoms with Crippen molar-refractivity contribution in [3.05, 3.63) is 57.9 Å². The van der Waals surface area contributed by atoms with E-state index in [0.29, 0.717) is 10.2 Å². The quantitative estimate of drug-likeness (QED) is 0.687. The van der Waals surface area contributed by atoms with Crippen molar-refractivity contribution in [2.45, 2.75) is 33.6 Å². The first kappa shape index (κ1) is 19.7. The van der Waals surface area contributed by atoms with Gasteiger partial charge in [-0.2, -0.15) is 15.1 Å². The number of aryl methyl sites for hydroxylation is 1. The third-order valence-electron chi connectivity index (χ3n) is 4.82. The van der Waals surface area contributed by atoms with Gasteiger partial charge in [-0.15, -0.1) is 0 Å². The minimum Gasteiger partial charge on any atom is -0.318 e. The van der Waals surface area contributed by atoms with Gasteiger partial charge in [0.2, 0.25) is 5.17 Å². The number of aliphatic imine (C=N–C) groups is 1. The SMILES string of the molecule is CCCC1=NN2C(=N)/C(=C/c3cc(C)n(-c4ccc(Cl)cc4)c3C)C(=O)N=C2S1. The lowest BCUT2D eigenvalue weighted by atomic mass is 10.1. The summed E-state index contributed by atoms with van der Waals surface area (Å²) in [5.74, 6) is -0.340. The van der Waals surface area contributed by atoms with Crippen molar-refractivity contribution in [3.63, 3.8) is 0 Å². The van der Waals surface area contributed by atoms with Crippen molar-refractivity contribution in [1.82, 2.24) is 9.58 Å². The number of hydrazone groups is 1. The first-order valence-corrected chi connectivity index (χ1v) is 10.5. The van der Waals surface area contributed by atoms with Gasteiger partial charge in [-0.3, -0.25) is 10.2 Å². The number of rotatable bonds is 4. The summed E-state index contributed by atoms with van der Waals surface area (Å²) in [6.45, 7) is 6.07. The summed E-state index contributed by atoms with van der Waals surface area (Å²) in [6.07, 6.45) is 3.49. The fourth-order valence-electron chi connectivity index (χ4n) is 3.42. The number of aromatic nitrogens is 1. The lowest BCUT2D eigenvalue weighted by Crippen LogP contribution is -2.35. The number of hydrogen-bond donors (Lipinski definition) is 1. The summed E-state index contributed by atoms with van der Waals surface area (Å²) >= 11 is 7.38. The number of thioether (sulfide) groups is 1. The molecule has 1 aromatic heterocycles. The Kier molecular flexibility index (Phi) is 5.19. The average Bonchev–Trinajstić information content (AvgIpc) is 3.20. The molecule has 0 aliphatic carbocycles. The molecule has 0 unspecified atom stereocenters. The zero-order valence-corrected chi connectivity index (χ0v) is 17.9. The Bertz CT molecular complexity index is 1110. The summed E-state index contributed by atoms with van der Waals surface area (Å²) < 4.78 is 2.09. The molecular weight excluding hydrogens is 406 g/mol. The van der Waals surface area contributed by atoms with Crippen LogP contribution in [-0.4, -0.2) is 31.5 Å². The number of amidine groups is 2. The van der Waals surface area contributed by atoms with Crippen molar-refractivity contribution in [2.75, 3.05) is 0 Å². The molecule has 8 heteroatoms. The average molecular weight is 426 g/mol. The smallest absolute Gasteiger partial charge is 0.283 e. The lowest BCUT2D eigenvalue weighted by molar-refractivity contribution is -0.114. The number of halogens is 1. The molecule has 4 rings (SSSR count). The first-order valence-electron chi connectivity index (χ1n) is 9.33. The van der Waals surface area contributed by atoms with Crippen LogP contribution in [0.2, 0.25) is 5.02 Å². The molecule has 1 amide bonds. The monoisotopic (exact) mass is 425 g/mol. The summed E-state index contributed by atoms with van der Waals surface area (Å²) in [7, 11) is 0. The summed E-state index contributed by atoms with van der Waals surface area (Å²) in [5, 5.41) is 16.4. The van der Waals surface area contributed by atoms with Crippen LogP contribution in [0.4, 0.5) is 0 Å². The van der Waals surface area contributed by atoms with E-state index in [1.165, 1.54) is 16.8 Å².